The van der Waals surface area contributed by atoms with E-state index in [9.17, 15) is 19.1 Å². The fourth-order valence-electron chi connectivity index (χ4n) is 5.40. The van der Waals surface area contributed by atoms with E-state index in [0.29, 0.717) is 17.5 Å². The number of aliphatic hydroxyl groups is 1. The number of halogens is 2. The van der Waals surface area contributed by atoms with Crippen LogP contribution in [0.15, 0.2) is 12.3 Å². The Hall–Kier alpha value is -1.14. The van der Waals surface area contributed by atoms with Crippen LogP contribution in [0.4, 0.5) is 10.1 Å². The molecule has 2 aliphatic heterocycles. The van der Waals surface area contributed by atoms with E-state index in [4.69, 9.17) is 30.6 Å². The van der Waals surface area contributed by atoms with E-state index in [-0.39, 0.29) is 10.8 Å². The molecule has 12 nitrogen and oxygen atoms in total. The zero-order valence-corrected chi connectivity index (χ0v) is 21.0. The number of fused-ring (bicyclic) bond motifs is 2. The number of aliphatic hydroxyl groups excluding tert-OH is 1. The SMILES string of the molecule is O=P(O)(O)CP(=O)(O)OC[C@H]1OC[C@](F)(c2cnc3c(N4CC5CCCC5C4)cc(Cl)nn23)[C@@H]1O. The zero-order chi connectivity index (χ0) is 25.2. The number of aromatic nitrogens is 3. The van der Waals surface area contributed by atoms with Crippen LogP contribution < -0.4 is 4.90 Å². The number of rotatable bonds is 7. The smallest absolute Gasteiger partial charge is 0.340 e. The predicted octanol–water partition coefficient (Wildman–Crippen LogP) is 1.88. The first-order valence-electron chi connectivity index (χ1n) is 11.2. The van der Waals surface area contributed by atoms with Crippen LogP contribution in [0.2, 0.25) is 5.15 Å². The fraction of sp³-hybridized carbons (Fsp3) is 0.684. The second-order valence-corrected chi connectivity index (χ2v) is 13.9. The molecule has 35 heavy (non-hydrogen) atoms. The van der Waals surface area contributed by atoms with Gasteiger partial charge in [-0.25, -0.2) is 13.9 Å². The van der Waals surface area contributed by atoms with E-state index in [1.807, 2.05) is 0 Å². The van der Waals surface area contributed by atoms with Gasteiger partial charge in [0.05, 0.1) is 25.1 Å². The highest BCUT2D eigenvalue weighted by Gasteiger charge is 2.54. The minimum atomic E-state index is -4.83. The second kappa shape index (κ2) is 9.01. The van der Waals surface area contributed by atoms with Crippen molar-refractivity contribution in [2.75, 3.05) is 37.1 Å². The van der Waals surface area contributed by atoms with Gasteiger partial charge in [0.2, 0.25) is 5.67 Å². The molecule has 1 saturated carbocycles. The molecule has 3 unspecified atom stereocenters. The van der Waals surface area contributed by atoms with Crippen LogP contribution in [0, 0.1) is 11.8 Å². The van der Waals surface area contributed by atoms with Crippen LogP contribution >= 0.6 is 26.8 Å². The molecule has 194 valence electrons. The Morgan fingerprint density at radius 2 is 1.94 bits per heavy atom. The van der Waals surface area contributed by atoms with Crippen molar-refractivity contribution in [2.45, 2.75) is 37.1 Å². The molecule has 2 aromatic rings. The van der Waals surface area contributed by atoms with Crippen molar-refractivity contribution in [3.8, 4) is 0 Å². The highest BCUT2D eigenvalue weighted by atomic mass is 35.5. The van der Waals surface area contributed by atoms with Crippen LogP contribution in [0.25, 0.3) is 5.65 Å². The molecule has 4 N–H and O–H groups in total. The van der Waals surface area contributed by atoms with E-state index >= 15 is 4.39 Å². The molecule has 2 aromatic heterocycles. The Balaban J connectivity index is 1.38. The summed E-state index contributed by atoms with van der Waals surface area (Å²) >= 11 is 6.28. The Morgan fingerprint density at radius 1 is 1.26 bits per heavy atom. The molecule has 0 radical (unpaired) electrons. The normalized spacial score (nSPS) is 32.9. The molecule has 6 atom stereocenters. The largest absolute Gasteiger partial charge is 0.386 e. The van der Waals surface area contributed by atoms with Gasteiger partial charge >= 0.3 is 15.2 Å². The standard InChI is InChI=1S/C19H26ClFN4O8P2/c20-16-4-13(24-6-11-2-1-3-12(11)7-24)18-22-5-15(25(18)23-16)19(21)9-32-14(17(19)26)8-33-35(30,31)10-34(27,28)29/h4-5,11-12,14,17,26H,1-3,6-10H2,(H,30,31)(H2,27,28,29)/t11?,12?,14-,17-,19+/m1/s1. The number of alkyl halides is 1. The van der Waals surface area contributed by atoms with E-state index in [0.717, 1.165) is 18.8 Å². The third-order valence-corrected chi connectivity index (χ3v) is 10.7. The van der Waals surface area contributed by atoms with Gasteiger partial charge in [0.1, 0.15) is 17.9 Å². The second-order valence-electron chi connectivity index (χ2n) is 9.48. The zero-order valence-electron chi connectivity index (χ0n) is 18.5. The first kappa shape index (κ1) is 25.5. The van der Waals surface area contributed by atoms with Gasteiger partial charge in [-0.05, 0) is 24.7 Å². The summed E-state index contributed by atoms with van der Waals surface area (Å²) in [5.41, 5.74) is -1.49. The van der Waals surface area contributed by atoms with Gasteiger partial charge in [-0.15, -0.1) is 0 Å². The Morgan fingerprint density at radius 3 is 2.60 bits per heavy atom. The minimum absolute atomic E-state index is 0.104. The van der Waals surface area contributed by atoms with Crippen molar-refractivity contribution in [1.82, 2.24) is 14.6 Å². The summed E-state index contributed by atoms with van der Waals surface area (Å²) < 4.78 is 50.3. The molecule has 0 bridgehead atoms. The van der Waals surface area contributed by atoms with Crippen LogP contribution in [0.3, 0.4) is 0 Å². The number of hydrogen-bond acceptors (Lipinski definition) is 8. The van der Waals surface area contributed by atoms with Gasteiger partial charge in [-0.3, -0.25) is 9.13 Å². The molecule has 0 amide bonds. The molecule has 16 heteroatoms. The lowest BCUT2D eigenvalue weighted by Crippen LogP contribution is -2.40. The van der Waals surface area contributed by atoms with Gasteiger partial charge in [0.15, 0.2) is 16.7 Å². The van der Waals surface area contributed by atoms with Crippen LogP contribution in [0.1, 0.15) is 25.0 Å². The number of anilines is 1. The van der Waals surface area contributed by atoms with Crippen molar-refractivity contribution in [3.63, 3.8) is 0 Å². The molecular weight excluding hydrogens is 529 g/mol. The van der Waals surface area contributed by atoms with Gasteiger partial charge in [-0.2, -0.15) is 5.10 Å². The maximum Gasteiger partial charge on any atom is 0.340 e. The summed E-state index contributed by atoms with van der Waals surface area (Å²) in [6.07, 6.45) is 1.60. The quantitative estimate of drug-likeness (QED) is 0.369. The number of nitrogens with zero attached hydrogens (tertiary/aromatic N) is 4. The Kier molecular flexibility index (Phi) is 6.56. The molecule has 0 spiro atoms. The van der Waals surface area contributed by atoms with Gasteiger partial charge in [0, 0.05) is 19.2 Å². The molecule has 5 rings (SSSR count). The average Bonchev–Trinajstić information content (AvgIpc) is 3.49. The molecule has 3 aliphatic rings. The van der Waals surface area contributed by atoms with Crippen LogP contribution in [-0.4, -0.2) is 78.8 Å². The molecule has 0 aromatic carbocycles. The topological polar surface area (TPSA) is 167 Å². The van der Waals surface area contributed by atoms with E-state index in [1.54, 1.807) is 6.07 Å². The summed E-state index contributed by atoms with van der Waals surface area (Å²) in [6, 6.07) is 1.69. The van der Waals surface area contributed by atoms with Crippen LogP contribution in [0.5, 0.6) is 0 Å². The Labute approximate surface area is 204 Å². The summed E-state index contributed by atoms with van der Waals surface area (Å²) in [4.78, 5) is 34.0. The molecule has 4 heterocycles. The maximum atomic E-state index is 16.1. The molecule has 1 aliphatic carbocycles. The highest BCUT2D eigenvalue weighted by molar-refractivity contribution is 7.70. The summed E-state index contributed by atoms with van der Waals surface area (Å²) in [7, 11) is -9.53. The summed E-state index contributed by atoms with van der Waals surface area (Å²) in [5.74, 6) is -0.203. The third-order valence-electron chi connectivity index (χ3n) is 7.04. The fourth-order valence-corrected chi connectivity index (χ4v) is 8.15. The number of ether oxygens (including phenoxy) is 1. The van der Waals surface area contributed by atoms with Crippen molar-refractivity contribution in [1.29, 1.82) is 0 Å². The maximum absolute atomic E-state index is 16.1. The lowest BCUT2D eigenvalue weighted by Gasteiger charge is -2.24. The van der Waals surface area contributed by atoms with E-state index in [2.05, 4.69) is 15.0 Å². The van der Waals surface area contributed by atoms with Crippen LogP contribution in [-0.2, 0) is 24.1 Å². The van der Waals surface area contributed by atoms with Gasteiger partial charge in [-0.1, -0.05) is 18.0 Å². The molecule has 2 saturated heterocycles. The van der Waals surface area contributed by atoms with E-state index < -0.39 is 52.2 Å². The van der Waals surface area contributed by atoms with E-state index in [1.165, 1.54) is 30.0 Å². The average molecular weight is 555 g/mol. The van der Waals surface area contributed by atoms with Gasteiger partial charge < -0.3 is 33.9 Å². The van der Waals surface area contributed by atoms with Crippen molar-refractivity contribution in [2.24, 2.45) is 11.8 Å². The van der Waals surface area contributed by atoms with Gasteiger partial charge in [0.25, 0.3) is 0 Å². The lowest BCUT2D eigenvalue weighted by atomic mass is 9.95. The highest BCUT2D eigenvalue weighted by Crippen LogP contribution is 2.55. The molecular formula is C19H26ClFN4O8P2. The van der Waals surface area contributed by atoms with Crippen molar-refractivity contribution in [3.05, 3.63) is 23.1 Å². The summed E-state index contributed by atoms with van der Waals surface area (Å²) in [6.45, 7) is 0.324. The monoisotopic (exact) mass is 554 g/mol. The van der Waals surface area contributed by atoms with Crippen molar-refractivity contribution < 1.29 is 42.6 Å². The first-order chi connectivity index (χ1) is 16.4. The molecule has 3 fully saturated rings. The van der Waals surface area contributed by atoms with Crippen molar-refractivity contribution >= 4 is 38.1 Å². The number of hydrogen-bond donors (Lipinski definition) is 4. The lowest BCUT2D eigenvalue weighted by molar-refractivity contribution is -0.0137. The third kappa shape index (κ3) is 4.91. The predicted molar refractivity (Wildman–Crippen MR) is 122 cm³/mol. The number of imidazole rings is 1. The Bertz CT molecular complexity index is 1220. The first-order valence-corrected chi connectivity index (χ1v) is 15.1. The minimum Gasteiger partial charge on any atom is -0.386 e. The summed E-state index contributed by atoms with van der Waals surface area (Å²) in [5, 5.41) is 15.0.